The molecule has 1 aliphatic heterocycles. The zero-order chi connectivity index (χ0) is 17.4. The first-order valence-corrected chi connectivity index (χ1v) is 9.16. The third-order valence-electron chi connectivity index (χ3n) is 4.32. The topological polar surface area (TPSA) is 92.6 Å². The minimum atomic E-state index is 0.103. The van der Waals surface area contributed by atoms with Crippen LogP contribution in [0.25, 0.3) is 5.65 Å². The number of imidazole rings is 1. The van der Waals surface area contributed by atoms with Crippen LogP contribution >= 0.6 is 23.4 Å². The third-order valence-corrected chi connectivity index (χ3v) is 5.90. The van der Waals surface area contributed by atoms with E-state index in [1.807, 2.05) is 16.7 Å². The second kappa shape index (κ2) is 6.70. The number of aliphatic hydroxyl groups excluding tert-OH is 1. The van der Waals surface area contributed by atoms with Gasteiger partial charge in [-0.05, 0) is 18.9 Å². The molecular weight excluding hydrogens is 360 g/mol. The van der Waals surface area contributed by atoms with Gasteiger partial charge in [-0.15, -0.1) is 0 Å². The van der Waals surface area contributed by atoms with Gasteiger partial charge in [0.25, 0.3) is 0 Å². The summed E-state index contributed by atoms with van der Waals surface area (Å²) in [6.07, 6.45) is 9.07. The van der Waals surface area contributed by atoms with Crippen molar-refractivity contribution in [2.45, 2.75) is 28.7 Å². The summed E-state index contributed by atoms with van der Waals surface area (Å²) in [5.74, 6) is 1.10. The molecule has 25 heavy (non-hydrogen) atoms. The Kier molecular flexibility index (Phi) is 4.41. The second-order valence-electron chi connectivity index (χ2n) is 5.83. The van der Waals surface area contributed by atoms with Crippen LogP contribution in [0.5, 0.6) is 0 Å². The second-order valence-corrected chi connectivity index (χ2v) is 7.29. The molecule has 0 spiro atoms. The average Bonchev–Trinajstić information content (AvgIpc) is 3.28. The van der Waals surface area contributed by atoms with Gasteiger partial charge in [0.05, 0.1) is 22.6 Å². The van der Waals surface area contributed by atoms with Crippen molar-refractivity contribution >= 4 is 40.8 Å². The van der Waals surface area contributed by atoms with Crippen LogP contribution in [-0.2, 0) is 0 Å². The highest BCUT2D eigenvalue weighted by molar-refractivity contribution is 7.99. The van der Waals surface area contributed by atoms with Gasteiger partial charge in [-0.3, -0.25) is 4.40 Å². The Morgan fingerprint density at radius 3 is 3.00 bits per heavy atom. The van der Waals surface area contributed by atoms with Gasteiger partial charge in [-0.2, -0.15) is 0 Å². The number of hydrogen-bond donors (Lipinski definition) is 2. The summed E-state index contributed by atoms with van der Waals surface area (Å²) in [6, 6.07) is 1.92. The molecule has 0 bridgehead atoms. The highest BCUT2D eigenvalue weighted by Crippen LogP contribution is 2.37. The van der Waals surface area contributed by atoms with E-state index in [1.165, 1.54) is 11.8 Å². The lowest BCUT2D eigenvalue weighted by Gasteiger charge is -2.25. The van der Waals surface area contributed by atoms with Crippen LogP contribution in [-0.4, -0.2) is 43.7 Å². The van der Waals surface area contributed by atoms with E-state index in [4.69, 9.17) is 17.3 Å². The summed E-state index contributed by atoms with van der Waals surface area (Å²) in [5.41, 5.74) is 6.58. The van der Waals surface area contributed by atoms with Crippen molar-refractivity contribution in [2.75, 3.05) is 23.8 Å². The van der Waals surface area contributed by atoms with Gasteiger partial charge in [0.2, 0.25) is 5.95 Å². The van der Waals surface area contributed by atoms with Crippen LogP contribution in [0.4, 0.5) is 11.8 Å². The fraction of sp³-hybridized carbons (Fsp3) is 0.312. The van der Waals surface area contributed by atoms with Crippen LogP contribution in [0.3, 0.4) is 0 Å². The van der Waals surface area contributed by atoms with Gasteiger partial charge in [0.15, 0.2) is 5.65 Å². The molecule has 3 aromatic heterocycles. The van der Waals surface area contributed by atoms with Gasteiger partial charge in [0.1, 0.15) is 5.82 Å². The number of hydrogen-bond acceptors (Lipinski definition) is 7. The minimum Gasteiger partial charge on any atom is -0.394 e. The van der Waals surface area contributed by atoms with Crippen molar-refractivity contribution in [3.05, 3.63) is 35.9 Å². The normalized spacial score (nSPS) is 17.5. The van der Waals surface area contributed by atoms with E-state index in [1.54, 1.807) is 18.6 Å². The van der Waals surface area contributed by atoms with E-state index in [2.05, 4.69) is 19.9 Å². The van der Waals surface area contributed by atoms with E-state index >= 15 is 0 Å². The Morgan fingerprint density at radius 2 is 2.16 bits per heavy atom. The molecule has 4 heterocycles. The molecule has 0 amide bonds. The standard InChI is InChI=1S/C16H17ClN6OS/c17-13-11(3-4-19-14(13)18)25-12-8-21-16(23-7-5-20-15(12)23)22-6-1-2-10(22)9-24/h3-5,7-8,10,24H,1-2,6,9H2,(H2,18,19)/t10-/m1/s1. The van der Waals surface area contributed by atoms with Gasteiger partial charge < -0.3 is 15.7 Å². The molecule has 0 aromatic carbocycles. The predicted molar refractivity (Wildman–Crippen MR) is 98.2 cm³/mol. The quantitative estimate of drug-likeness (QED) is 0.722. The molecule has 9 heteroatoms. The number of nitrogens with two attached hydrogens (primary N) is 1. The molecule has 1 fully saturated rings. The number of aliphatic hydroxyl groups is 1. The zero-order valence-corrected chi connectivity index (χ0v) is 14.9. The molecule has 0 radical (unpaired) electrons. The predicted octanol–water partition coefficient (Wildman–Crippen LogP) is 2.47. The molecule has 1 saturated heterocycles. The van der Waals surface area contributed by atoms with E-state index < -0.39 is 0 Å². The summed E-state index contributed by atoms with van der Waals surface area (Å²) in [5, 5.41) is 10.0. The number of anilines is 2. The lowest BCUT2D eigenvalue weighted by Crippen LogP contribution is -2.34. The van der Waals surface area contributed by atoms with E-state index in [9.17, 15) is 5.11 Å². The first-order chi connectivity index (χ1) is 12.2. The molecule has 4 rings (SSSR count). The lowest BCUT2D eigenvalue weighted by atomic mass is 10.2. The number of aromatic nitrogens is 4. The lowest BCUT2D eigenvalue weighted by molar-refractivity contribution is 0.265. The number of fused-ring (bicyclic) bond motifs is 1. The number of nitrogen functional groups attached to an aromatic ring is 1. The number of halogens is 1. The maximum Gasteiger partial charge on any atom is 0.211 e. The Morgan fingerprint density at radius 1 is 1.28 bits per heavy atom. The first kappa shape index (κ1) is 16.4. The molecule has 0 unspecified atom stereocenters. The average molecular weight is 377 g/mol. The zero-order valence-electron chi connectivity index (χ0n) is 13.3. The van der Waals surface area contributed by atoms with Crippen molar-refractivity contribution in [3.63, 3.8) is 0 Å². The van der Waals surface area contributed by atoms with Gasteiger partial charge >= 0.3 is 0 Å². The highest BCUT2D eigenvalue weighted by Gasteiger charge is 2.27. The number of pyridine rings is 1. The molecule has 1 atom stereocenters. The number of nitrogens with zero attached hydrogens (tertiary/aromatic N) is 5. The monoisotopic (exact) mass is 376 g/mol. The summed E-state index contributed by atoms with van der Waals surface area (Å²) < 4.78 is 1.95. The largest absolute Gasteiger partial charge is 0.394 e. The molecule has 130 valence electrons. The minimum absolute atomic E-state index is 0.103. The van der Waals surface area contributed by atoms with Crippen molar-refractivity contribution in [2.24, 2.45) is 0 Å². The highest BCUT2D eigenvalue weighted by atomic mass is 35.5. The summed E-state index contributed by atoms with van der Waals surface area (Å²) in [6.45, 7) is 1.00. The third kappa shape index (κ3) is 2.90. The summed E-state index contributed by atoms with van der Waals surface area (Å²) in [4.78, 5) is 16.9. The van der Waals surface area contributed by atoms with Crippen molar-refractivity contribution in [3.8, 4) is 0 Å². The molecule has 3 aromatic rings. The van der Waals surface area contributed by atoms with Gasteiger partial charge in [-0.25, -0.2) is 15.0 Å². The molecule has 0 aliphatic carbocycles. The fourth-order valence-corrected chi connectivity index (χ4v) is 4.23. The Balaban J connectivity index is 1.74. The number of rotatable bonds is 4. The van der Waals surface area contributed by atoms with Crippen LogP contribution in [0.1, 0.15) is 12.8 Å². The van der Waals surface area contributed by atoms with Gasteiger partial charge in [-0.1, -0.05) is 23.4 Å². The van der Waals surface area contributed by atoms with Crippen molar-refractivity contribution in [1.82, 2.24) is 19.4 Å². The van der Waals surface area contributed by atoms with Crippen LogP contribution in [0.15, 0.2) is 40.6 Å². The van der Waals surface area contributed by atoms with E-state index in [0.717, 1.165) is 40.8 Å². The smallest absolute Gasteiger partial charge is 0.211 e. The van der Waals surface area contributed by atoms with Crippen LogP contribution < -0.4 is 10.6 Å². The summed E-state index contributed by atoms with van der Waals surface area (Å²) >= 11 is 7.70. The molecule has 0 saturated carbocycles. The SMILES string of the molecule is Nc1nccc(Sc2cnc(N3CCC[C@@H]3CO)n3ccnc23)c1Cl. The Labute approximate surface area is 153 Å². The van der Waals surface area contributed by atoms with Crippen LogP contribution in [0.2, 0.25) is 5.02 Å². The molecule has 1 aliphatic rings. The Bertz CT molecular complexity index is 917. The van der Waals surface area contributed by atoms with Gasteiger partial charge in [0, 0.05) is 36.2 Å². The molecule has 3 N–H and O–H groups in total. The van der Waals surface area contributed by atoms with E-state index in [-0.39, 0.29) is 12.6 Å². The first-order valence-electron chi connectivity index (χ1n) is 7.96. The van der Waals surface area contributed by atoms with E-state index in [0.29, 0.717) is 10.8 Å². The fourth-order valence-electron chi connectivity index (χ4n) is 3.10. The summed E-state index contributed by atoms with van der Waals surface area (Å²) in [7, 11) is 0. The maximum absolute atomic E-state index is 9.60. The Hall–Kier alpha value is -2.03. The van der Waals surface area contributed by atoms with Crippen LogP contribution in [0, 0.1) is 0 Å². The molecule has 7 nitrogen and oxygen atoms in total. The van der Waals surface area contributed by atoms with Crippen molar-refractivity contribution in [1.29, 1.82) is 0 Å². The maximum atomic E-state index is 9.60. The van der Waals surface area contributed by atoms with Crippen molar-refractivity contribution < 1.29 is 5.11 Å². The molecular formula is C16H17ClN6OS.